The zero-order valence-corrected chi connectivity index (χ0v) is 25.8. The Morgan fingerprint density at radius 1 is 1.13 bits per heavy atom. The standard InChI is InChI=1S/C24H34F2IN3O8S/c1-15(17-12-16(30(33)34)8-9-18(17)26)13-39(35,36)24(14-25,10-11-27)19(28)29(20(31)37-22(2,3)4)21(32)38-23(5,6)7/h8-9,12,15,28H,10-11,13-14H2,1-7H3/t15-,24+/m0/s1. The fourth-order valence-corrected chi connectivity index (χ4v) is 6.87. The van der Waals surface area contributed by atoms with Crippen LogP contribution >= 0.6 is 22.6 Å². The summed E-state index contributed by atoms with van der Waals surface area (Å²) in [6.45, 7) is 8.41. The normalized spacial score (nSPS) is 14.6. The Bertz CT molecular complexity index is 1190. The van der Waals surface area contributed by atoms with Crippen molar-refractivity contribution in [1.29, 1.82) is 5.41 Å². The average molecular weight is 690 g/mol. The largest absolute Gasteiger partial charge is 0.443 e. The van der Waals surface area contributed by atoms with E-state index in [1.54, 1.807) is 22.6 Å². The van der Waals surface area contributed by atoms with Gasteiger partial charge in [0.15, 0.2) is 14.6 Å². The van der Waals surface area contributed by atoms with Crippen molar-refractivity contribution in [1.82, 2.24) is 4.90 Å². The van der Waals surface area contributed by atoms with Gasteiger partial charge in [-0.1, -0.05) is 29.5 Å². The first kappa shape index (κ1) is 34.6. The number of imide groups is 1. The molecule has 1 rings (SSSR count). The molecule has 1 N–H and O–H groups in total. The van der Waals surface area contributed by atoms with Gasteiger partial charge in [-0.15, -0.1) is 0 Å². The number of non-ortho nitro benzene ring substituents is 1. The van der Waals surface area contributed by atoms with Crippen LogP contribution in [0.15, 0.2) is 18.2 Å². The summed E-state index contributed by atoms with van der Waals surface area (Å²) in [6.07, 6.45) is -3.42. The van der Waals surface area contributed by atoms with Gasteiger partial charge in [-0.3, -0.25) is 15.5 Å². The predicted octanol–water partition coefficient (Wildman–Crippen LogP) is 5.94. The highest BCUT2D eigenvalue weighted by atomic mass is 127. The van der Waals surface area contributed by atoms with Gasteiger partial charge in [-0.2, -0.15) is 4.90 Å². The fourth-order valence-electron chi connectivity index (χ4n) is 3.46. The second-order valence-corrected chi connectivity index (χ2v) is 14.3. The number of alkyl halides is 2. The number of carbonyl (C=O) groups excluding carboxylic acids is 2. The molecular weight excluding hydrogens is 655 g/mol. The predicted molar refractivity (Wildman–Crippen MR) is 149 cm³/mol. The first-order valence-electron chi connectivity index (χ1n) is 11.8. The van der Waals surface area contributed by atoms with Crippen LogP contribution in [0, 0.1) is 21.3 Å². The highest BCUT2D eigenvalue weighted by molar-refractivity contribution is 14.1. The third-order valence-corrected chi connectivity index (χ3v) is 8.48. The molecule has 2 atom stereocenters. The van der Waals surface area contributed by atoms with Crippen molar-refractivity contribution >= 4 is 56.1 Å². The van der Waals surface area contributed by atoms with Gasteiger partial charge in [0.05, 0.1) is 10.7 Å². The Labute approximate surface area is 240 Å². The van der Waals surface area contributed by atoms with Gasteiger partial charge in [0.2, 0.25) is 0 Å². The highest BCUT2D eigenvalue weighted by Crippen LogP contribution is 2.34. The number of nitrogens with one attached hydrogen (secondary N) is 1. The molecule has 0 radical (unpaired) electrons. The minimum absolute atomic E-state index is 0.0146. The zero-order valence-electron chi connectivity index (χ0n) is 22.8. The SMILES string of the molecule is C[C@@H](CS(=O)(=O)[C@@](CF)(CCI)C(=N)N(C(=O)OC(C)(C)C)C(=O)OC(C)(C)C)c1cc([N+](=O)[O-])ccc1F. The number of nitro benzene ring substituents is 1. The third-order valence-electron chi connectivity index (χ3n) is 5.31. The van der Waals surface area contributed by atoms with E-state index in [0.29, 0.717) is 0 Å². The van der Waals surface area contributed by atoms with E-state index in [2.05, 4.69) is 0 Å². The smallest absolute Gasteiger partial charge is 0.425 e. The van der Waals surface area contributed by atoms with E-state index in [9.17, 15) is 36.9 Å². The highest BCUT2D eigenvalue weighted by Gasteiger charge is 2.54. The first-order chi connectivity index (χ1) is 17.6. The summed E-state index contributed by atoms with van der Waals surface area (Å²) in [5.74, 6) is -4.32. The van der Waals surface area contributed by atoms with Gasteiger partial charge < -0.3 is 9.47 Å². The van der Waals surface area contributed by atoms with Crippen LogP contribution in [0.3, 0.4) is 0 Å². The number of halogens is 3. The summed E-state index contributed by atoms with van der Waals surface area (Å²) >= 11 is 1.76. The summed E-state index contributed by atoms with van der Waals surface area (Å²) in [4.78, 5) is 36.5. The number of amides is 2. The summed E-state index contributed by atoms with van der Waals surface area (Å²) in [5, 5.41) is 19.9. The van der Waals surface area contributed by atoms with E-state index in [1.807, 2.05) is 0 Å². The lowest BCUT2D eigenvalue weighted by atomic mass is 10.0. The van der Waals surface area contributed by atoms with Crippen LogP contribution in [0.2, 0.25) is 0 Å². The minimum atomic E-state index is -4.79. The van der Waals surface area contributed by atoms with Crippen LogP contribution in [0.5, 0.6) is 0 Å². The molecule has 1 aromatic carbocycles. The molecule has 0 bridgehead atoms. The Morgan fingerprint density at radius 3 is 2.00 bits per heavy atom. The first-order valence-corrected chi connectivity index (χ1v) is 14.9. The zero-order chi connectivity index (χ0) is 30.6. The second-order valence-electron chi connectivity index (χ2n) is 10.9. The molecule has 0 aromatic heterocycles. The van der Waals surface area contributed by atoms with Crippen molar-refractivity contribution in [3.8, 4) is 0 Å². The van der Waals surface area contributed by atoms with Crippen molar-refractivity contribution in [2.45, 2.75) is 76.8 Å². The van der Waals surface area contributed by atoms with Gasteiger partial charge >= 0.3 is 12.2 Å². The van der Waals surface area contributed by atoms with E-state index in [4.69, 9.17) is 14.9 Å². The molecule has 1 aromatic rings. The number of hydrogen-bond donors (Lipinski definition) is 1. The molecule has 0 saturated carbocycles. The number of nitro groups is 1. The fraction of sp³-hybridized carbons (Fsp3) is 0.625. The van der Waals surface area contributed by atoms with Crippen LogP contribution < -0.4 is 0 Å². The third kappa shape index (κ3) is 8.78. The minimum Gasteiger partial charge on any atom is -0.443 e. The maximum absolute atomic E-state index is 14.9. The van der Waals surface area contributed by atoms with Crippen LogP contribution in [0.25, 0.3) is 0 Å². The average Bonchev–Trinajstić information content (AvgIpc) is 2.74. The molecule has 0 saturated heterocycles. The molecule has 0 aliphatic heterocycles. The molecule has 220 valence electrons. The van der Waals surface area contributed by atoms with E-state index < -0.39 is 85.0 Å². The van der Waals surface area contributed by atoms with Crippen molar-refractivity contribution in [2.24, 2.45) is 0 Å². The summed E-state index contributed by atoms with van der Waals surface area (Å²) in [5.41, 5.74) is -3.13. The van der Waals surface area contributed by atoms with Gasteiger partial charge in [-0.05, 0) is 65.5 Å². The Hall–Kier alpha value is -2.43. The second kappa shape index (κ2) is 12.8. The molecule has 39 heavy (non-hydrogen) atoms. The van der Waals surface area contributed by atoms with Crippen LogP contribution in [-0.4, -0.2) is 69.1 Å². The molecular formula is C24H34F2IN3O8S. The lowest BCUT2D eigenvalue weighted by Crippen LogP contribution is -2.60. The Kier molecular flexibility index (Phi) is 11.4. The van der Waals surface area contributed by atoms with E-state index in [0.717, 1.165) is 18.2 Å². The van der Waals surface area contributed by atoms with Gasteiger partial charge in [0.1, 0.15) is 29.5 Å². The van der Waals surface area contributed by atoms with E-state index in [-0.39, 0.29) is 14.9 Å². The molecule has 11 nitrogen and oxygen atoms in total. The topological polar surface area (TPSA) is 157 Å². The molecule has 2 amide bonds. The van der Waals surface area contributed by atoms with Crippen LogP contribution in [0.4, 0.5) is 24.1 Å². The molecule has 15 heteroatoms. The van der Waals surface area contributed by atoms with Gasteiger partial charge in [-0.25, -0.2) is 26.8 Å². The molecule has 0 fully saturated rings. The number of amidine groups is 1. The number of sulfone groups is 1. The lowest BCUT2D eigenvalue weighted by Gasteiger charge is -2.37. The van der Waals surface area contributed by atoms with Crippen molar-refractivity contribution < 1.29 is 41.2 Å². The van der Waals surface area contributed by atoms with Gasteiger partial charge in [0.25, 0.3) is 5.69 Å². The number of benzene rings is 1. The monoisotopic (exact) mass is 689 g/mol. The number of nitrogens with zero attached hydrogens (tertiary/aromatic N) is 2. The maximum atomic E-state index is 14.9. The summed E-state index contributed by atoms with van der Waals surface area (Å²) in [7, 11) is -4.79. The molecule has 0 aliphatic carbocycles. The molecule has 0 unspecified atom stereocenters. The summed E-state index contributed by atoms with van der Waals surface area (Å²) < 4.78 is 64.6. The number of ether oxygens (including phenoxy) is 2. The van der Waals surface area contributed by atoms with E-state index in [1.165, 1.54) is 48.5 Å². The van der Waals surface area contributed by atoms with Gasteiger partial charge in [0, 0.05) is 16.6 Å². The van der Waals surface area contributed by atoms with Crippen LogP contribution in [-0.2, 0) is 19.3 Å². The Balaban J connectivity index is 3.69. The number of hydrogen-bond acceptors (Lipinski definition) is 9. The van der Waals surface area contributed by atoms with Crippen molar-refractivity contribution in [3.63, 3.8) is 0 Å². The lowest BCUT2D eigenvalue weighted by molar-refractivity contribution is -0.385. The molecule has 0 spiro atoms. The maximum Gasteiger partial charge on any atom is 0.425 e. The van der Waals surface area contributed by atoms with E-state index >= 15 is 0 Å². The quantitative estimate of drug-likeness (QED) is 0.0835. The number of carbonyl (C=O) groups is 2. The molecule has 0 heterocycles. The number of rotatable bonds is 9. The Morgan fingerprint density at radius 2 is 1.62 bits per heavy atom. The van der Waals surface area contributed by atoms with Crippen molar-refractivity contribution in [3.05, 3.63) is 39.7 Å². The van der Waals surface area contributed by atoms with Crippen molar-refractivity contribution in [2.75, 3.05) is 16.9 Å². The van der Waals surface area contributed by atoms with Crippen LogP contribution in [0.1, 0.15) is 66.4 Å². The molecule has 0 aliphatic rings. The summed E-state index contributed by atoms with van der Waals surface area (Å²) in [6, 6.07) is 2.61.